The Morgan fingerprint density at radius 3 is 2.23 bits per heavy atom. The minimum atomic E-state index is -3.80. The lowest BCUT2D eigenvalue weighted by Crippen LogP contribution is -1.92. The van der Waals surface area contributed by atoms with E-state index in [1.807, 2.05) is 0 Å². The van der Waals surface area contributed by atoms with Gasteiger partial charge in [-0.1, -0.05) is 27.5 Å². The molecule has 0 bridgehead atoms. The van der Waals surface area contributed by atoms with Crippen LogP contribution >= 0.6 is 54.1 Å². The van der Waals surface area contributed by atoms with Crippen molar-refractivity contribution in [2.24, 2.45) is 0 Å². The summed E-state index contributed by atoms with van der Waals surface area (Å²) in [6.45, 7) is 0. The van der Waals surface area contributed by atoms with Gasteiger partial charge in [-0.05, 0) is 28.1 Å². The molecule has 1 rings (SSSR count). The van der Waals surface area contributed by atoms with E-state index in [2.05, 4.69) is 31.9 Å². The Morgan fingerprint density at radius 2 is 1.77 bits per heavy atom. The van der Waals surface area contributed by atoms with E-state index in [4.69, 9.17) is 22.3 Å². The highest BCUT2D eigenvalue weighted by Crippen LogP contribution is 2.34. The summed E-state index contributed by atoms with van der Waals surface area (Å²) in [7, 11) is 1.36. The standard InChI is InChI=1S/C6H2Br2Cl2O2S/c7-3-1-4(8)6(9)5(2-3)13(10,11)12/h1-2H. The molecule has 72 valence electrons. The van der Waals surface area contributed by atoms with Crippen molar-refractivity contribution in [2.75, 3.05) is 0 Å². The van der Waals surface area contributed by atoms with Crippen molar-refractivity contribution in [3.05, 3.63) is 26.1 Å². The third-order valence-electron chi connectivity index (χ3n) is 1.22. The lowest BCUT2D eigenvalue weighted by Gasteiger charge is -2.02. The van der Waals surface area contributed by atoms with E-state index >= 15 is 0 Å². The van der Waals surface area contributed by atoms with Gasteiger partial charge >= 0.3 is 0 Å². The fourth-order valence-corrected chi connectivity index (χ4v) is 3.71. The molecule has 0 N–H and O–H groups in total. The van der Waals surface area contributed by atoms with Gasteiger partial charge in [-0.3, -0.25) is 0 Å². The Kier molecular flexibility index (Phi) is 3.68. The zero-order chi connectivity index (χ0) is 10.2. The molecule has 13 heavy (non-hydrogen) atoms. The highest BCUT2D eigenvalue weighted by molar-refractivity contribution is 9.11. The fourth-order valence-electron chi connectivity index (χ4n) is 0.710. The molecular weight excluding hydrogens is 367 g/mol. The van der Waals surface area contributed by atoms with Crippen LogP contribution in [0, 0.1) is 0 Å². The van der Waals surface area contributed by atoms with Gasteiger partial charge in [0.05, 0.1) is 5.02 Å². The van der Waals surface area contributed by atoms with E-state index in [0.29, 0.717) is 8.95 Å². The van der Waals surface area contributed by atoms with E-state index in [1.165, 1.54) is 6.07 Å². The van der Waals surface area contributed by atoms with E-state index in [-0.39, 0.29) is 9.92 Å². The van der Waals surface area contributed by atoms with E-state index in [1.54, 1.807) is 6.07 Å². The van der Waals surface area contributed by atoms with Crippen molar-refractivity contribution in [1.29, 1.82) is 0 Å². The summed E-state index contributed by atoms with van der Waals surface area (Å²) in [5.41, 5.74) is 0. The molecule has 0 heterocycles. The Labute approximate surface area is 102 Å². The largest absolute Gasteiger partial charge is 0.262 e. The average Bonchev–Trinajstić information content (AvgIpc) is 1.94. The Morgan fingerprint density at radius 1 is 1.23 bits per heavy atom. The summed E-state index contributed by atoms with van der Waals surface area (Å²) in [6.07, 6.45) is 0. The molecule has 1 aromatic rings. The predicted molar refractivity (Wildman–Crippen MR) is 59.9 cm³/mol. The van der Waals surface area contributed by atoms with Crippen LogP contribution in [0.2, 0.25) is 5.02 Å². The molecule has 0 aliphatic carbocycles. The number of hydrogen-bond acceptors (Lipinski definition) is 2. The predicted octanol–water partition coefficient (Wildman–Crippen LogP) is 3.79. The quantitative estimate of drug-likeness (QED) is 0.558. The molecule has 0 saturated carbocycles. The van der Waals surface area contributed by atoms with Crippen LogP contribution in [0.25, 0.3) is 0 Å². The van der Waals surface area contributed by atoms with Crippen molar-refractivity contribution in [1.82, 2.24) is 0 Å². The summed E-state index contributed by atoms with van der Waals surface area (Å²) in [5.74, 6) is 0. The molecule has 1 aromatic carbocycles. The lowest BCUT2D eigenvalue weighted by molar-refractivity contribution is 0.609. The maximum absolute atomic E-state index is 11.0. The van der Waals surface area contributed by atoms with E-state index in [9.17, 15) is 8.42 Å². The fraction of sp³-hybridized carbons (Fsp3) is 0. The molecule has 0 saturated heterocycles. The second-order valence-electron chi connectivity index (χ2n) is 2.14. The minimum absolute atomic E-state index is 0.0817. The molecular formula is C6H2Br2Cl2O2S. The first-order chi connectivity index (χ1) is 5.82. The Hall–Kier alpha value is 0.710. The molecule has 0 aliphatic rings. The molecule has 0 amide bonds. The smallest absolute Gasteiger partial charge is 0.207 e. The third kappa shape index (κ3) is 2.83. The van der Waals surface area contributed by atoms with Crippen LogP contribution in [-0.2, 0) is 9.05 Å². The molecule has 2 nitrogen and oxygen atoms in total. The van der Waals surface area contributed by atoms with Gasteiger partial charge in [-0.15, -0.1) is 0 Å². The molecule has 0 fully saturated rings. The van der Waals surface area contributed by atoms with Gasteiger partial charge in [0.2, 0.25) is 0 Å². The number of benzene rings is 1. The minimum Gasteiger partial charge on any atom is -0.207 e. The van der Waals surface area contributed by atoms with Gasteiger partial charge in [0.15, 0.2) is 0 Å². The van der Waals surface area contributed by atoms with Crippen molar-refractivity contribution in [3.63, 3.8) is 0 Å². The van der Waals surface area contributed by atoms with E-state index < -0.39 is 9.05 Å². The maximum atomic E-state index is 11.0. The van der Waals surface area contributed by atoms with Crippen LogP contribution < -0.4 is 0 Å². The summed E-state index contributed by atoms with van der Waals surface area (Å²) in [4.78, 5) is -0.114. The second-order valence-corrected chi connectivity index (χ2v) is 6.82. The van der Waals surface area contributed by atoms with Crippen molar-refractivity contribution >= 4 is 63.2 Å². The first kappa shape index (κ1) is 11.8. The van der Waals surface area contributed by atoms with Crippen LogP contribution in [-0.4, -0.2) is 8.42 Å². The molecule has 0 unspecified atom stereocenters. The van der Waals surface area contributed by atoms with Gasteiger partial charge in [0.25, 0.3) is 9.05 Å². The second kappa shape index (κ2) is 4.06. The van der Waals surface area contributed by atoms with Gasteiger partial charge in [-0.2, -0.15) is 0 Å². The Balaban J connectivity index is 3.56. The molecule has 7 heteroatoms. The molecule has 0 spiro atoms. The van der Waals surface area contributed by atoms with Crippen molar-refractivity contribution in [2.45, 2.75) is 4.90 Å². The van der Waals surface area contributed by atoms with Crippen molar-refractivity contribution < 1.29 is 8.42 Å². The average molecular weight is 369 g/mol. The SMILES string of the molecule is O=S(=O)(Cl)c1cc(Br)cc(Br)c1Cl. The van der Waals surface area contributed by atoms with Crippen LogP contribution in [0.3, 0.4) is 0 Å². The summed E-state index contributed by atoms with van der Waals surface area (Å²) >= 11 is 12.0. The molecule has 0 aromatic heterocycles. The van der Waals surface area contributed by atoms with Gasteiger partial charge in [0.1, 0.15) is 4.90 Å². The normalized spacial score (nSPS) is 11.7. The van der Waals surface area contributed by atoms with Crippen LogP contribution in [0.15, 0.2) is 26.0 Å². The number of hydrogen-bond donors (Lipinski definition) is 0. The van der Waals surface area contributed by atoms with Crippen LogP contribution in [0.5, 0.6) is 0 Å². The summed E-state index contributed by atoms with van der Waals surface area (Å²) in [5, 5.41) is 0.0817. The lowest BCUT2D eigenvalue weighted by atomic mass is 10.4. The zero-order valence-corrected chi connectivity index (χ0v) is 11.4. The first-order valence-corrected chi connectivity index (χ1v) is 7.19. The number of rotatable bonds is 1. The third-order valence-corrected chi connectivity index (χ3v) is 4.40. The monoisotopic (exact) mass is 366 g/mol. The van der Waals surface area contributed by atoms with Crippen LogP contribution in [0.4, 0.5) is 0 Å². The Bertz CT molecular complexity index is 444. The highest BCUT2D eigenvalue weighted by Gasteiger charge is 2.17. The van der Waals surface area contributed by atoms with Crippen LogP contribution in [0.1, 0.15) is 0 Å². The summed E-state index contributed by atoms with van der Waals surface area (Å²) in [6, 6.07) is 2.98. The van der Waals surface area contributed by atoms with Crippen molar-refractivity contribution in [3.8, 4) is 0 Å². The first-order valence-electron chi connectivity index (χ1n) is 2.91. The zero-order valence-electron chi connectivity index (χ0n) is 5.89. The topological polar surface area (TPSA) is 34.1 Å². The maximum Gasteiger partial charge on any atom is 0.262 e. The number of halogens is 4. The summed E-state index contributed by atoms with van der Waals surface area (Å²) < 4.78 is 23.1. The molecule has 0 atom stereocenters. The molecule has 0 aliphatic heterocycles. The van der Waals surface area contributed by atoms with Gasteiger partial charge in [0, 0.05) is 19.6 Å². The van der Waals surface area contributed by atoms with E-state index in [0.717, 1.165) is 0 Å². The van der Waals surface area contributed by atoms with Gasteiger partial charge < -0.3 is 0 Å². The molecule has 0 radical (unpaired) electrons. The highest BCUT2D eigenvalue weighted by atomic mass is 79.9. The van der Waals surface area contributed by atoms with Gasteiger partial charge in [-0.25, -0.2) is 8.42 Å².